The van der Waals surface area contributed by atoms with Crippen molar-refractivity contribution in [2.24, 2.45) is 0 Å². The van der Waals surface area contributed by atoms with Gasteiger partial charge in [0.15, 0.2) is 0 Å². The van der Waals surface area contributed by atoms with Crippen LogP contribution in [-0.2, 0) is 6.42 Å². The van der Waals surface area contributed by atoms with Gasteiger partial charge in [0.2, 0.25) is 0 Å². The van der Waals surface area contributed by atoms with Crippen LogP contribution in [0.3, 0.4) is 0 Å². The van der Waals surface area contributed by atoms with Gasteiger partial charge in [-0.05, 0) is 0 Å². The number of allylic oxidation sites excluding steroid dienone is 2. The first-order chi connectivity index (χ1) is 11.7. The molecule has 0 radical (unpaired) electrons. The summed E-state index contributed by atoms with van der Waals surface area (Å²) in [6.07, 6.45) is 12.2. The molecule has 0 amide bonds. The Labute approximate surface area is 156 Å². The van der Waals surface area contributed by atoms with E-state index in [0.717, 1.165) is 6.42 Å². The summed E-state index contributed by atoms with van der Waals surface area (Å²) in [6, 6.07) is 10.9. The van der Waals surface area contributed by atoms with E-state index >= 15 is 0 Å². The second-order valence-electron chi connectivity index (χ2n) is 7.73. The van der Waals surface area contributed by atoms with E-state index in [1.54, 1.807) is 18.9 Å². The summed E-state index contributed by atoms with van der Waals surface area (Å²) in [6.45, 7) is 9.52. The van der Waals surface area contributed by atoms with Crippen LogP contribution >= 0.6 is 0 Å². The molecule has 0 aliphatic heterocycles. The van der Waals surface area contributed by atoms with Gasteiger partial charge in [-0.2, -0.15) is 0 Å². The normalized spacial score (nSPS) is 12.6. The fourth-order valence-corrected chi connectivity index (χ4v) is 20.8. The summed E-state index contributed by atoms with van der Waals surface area (Å²) in [5.74, 6) is 0. The van der Waals surface area contributed by atoms with Gasteiger partial charge in [-0.15, -0.1) is 0 Å². The zero-order valence-corrected chi connectivity index (χ0v) is 19.6. The second kappa shape index (κ2) is 13.0. The van der Waals surface area contributed by atoms with E-state index in [9.17, 15) is 0 Å². The summed E-state index contributed by atoms with van der Waals surface area (Å²) in [4.78, 5) is 0. The molecule has 0 saturated carbocycles. The molecule has 0 nitrogen and oxygen atoms in total. The van der Waals surface area contributed by atoms with E-state index in [0.29, 0.717) is 0 Å². The summed E-state index contributed by atoms with van der Waals surface area (Å²) in [5.41, 5.74) is 3.14. The molecule has 0 aliphatic rings. The molecular weight excluding hydrogens is 395 g/mol. The summed E-state index contributed by atoms with van der Waals surface area (Å²) < 4.78 is 6.40. The second-order valence-corrected chi connectivity index (χ2v) is 21.6. The van der Waals surface area contributed by atoms with Gasteiger partial charge < -0.3 is 0 Å². The van der Waals surface area contributed by atoms with Crippen molar-refractivity contribution in [1.82, 2.24) is 0 Å². The molecule has 0 bridgehead atoms. The molecule has 0 spiro atoms. The van der Waals surface area contributed by atoms with Crippen LogP contribution in [0.1, 0.15) is 71.8 Å². The van der Waals surface area contributed by atoms with Crippen molar-refractivity contribution in [2.75, 3.05) is 0 Å². The Hall–Kier alpha value is -0.241. The van der Waals surface area contributed by atoms with Crippen LogP contribution in [0.2, 0.25) is 17.7 Å². The zero-order valence-electron chi connectivity index (χ0n) is 16.7. The maximum atomic E-state index is 2.53. The van der Waals surface area contributed by atoms with Crippen molar-refractivity contribution in [1.29, 1.82) is 0 Å². The average Bonchev–Trinajstić information content (AvgIpc) is 2.62. The monoisotopic (exact) mass is 436 g/mol. The van der Waals surface area contributed by atoms with Crippen molar-refractivity contribution in [3.63, 3.8) is 0 Å². The van der Waals surface area contributed by atoms with Crippen molar-refractivity contribution in [3.8, 4) is 0 Å². The molecule has 1 aromatic carbocycles. The van der Waals surface area contributed by atoms with E-state index in [4.69, 9.17) is 0 Å². The van der Waals surface area contributed by atoms with Crippen LogP contribution in [0.4, 0.5) is 0 Å². The molecule has 24 heavy (non-hydrogen) atoms. The van der Waals surface area contributed by atoms with E-state index < -0.39 is 18.4 Å². The predicted octanol–water partition coefficient (Wildman–Crippen LogP) is 8.02. The maximum absolute atomic E-state index is 2.53. The van der Waals surface area contributed by atoms with Gasteiger partial charge in [-0.3, -0.25) is 0 Å². The Kier molecular flexibility index (Phi) is 11.8. The van der Waals surface area contributed by atoms with E-state index in [1.807, 2.05) is 0 Å². The van der Waals surface area contributed by atoms with E-state index in [-0.39, 0.29) is 0 Å². The van der Waals surface area contributed by atoms with Gasteiger partial charge in [0.1, 0.15) is 0 Å². The first-order valence-electron chi connectivity index (χ1n) is 10.4. The molecule has 1 heteroatoms. The summed E-state index contributed by atoms with van der Waals surface area (Å²) in [5, 5.41) is 0. The third kappa shape index (κ3) is 8.74. The van der Waals surface area contributed by atoms with Crippen molar-refractivity contribution in [3.05, 3.63) is 47.5 Å². The topological polar surface area (TPSA) is 0 Å². The Balaban J connectivity index is 2.78. The molecule has 136 valence electrons. The zero-order chi connectivity index (χ0) is 17.7. The fraction of sp³-hybridized carbons (Fsp3) is 0.652. The molecule has 0 unspecified atom stereocenters. The fourth-order valence-electron chi connectivity index (χ4n) is 3.87. The van der Waals surface area contributed by atoms with Crippen LogP contribution in [0.15, 0.2) is 42.0 Å². The average molecular weight is 435 g/mol. The Morgan fingerprint density at radius 1 is 0.833 bits per heavy atom. The first-order valence-corrected chi connectivity index (χ1v) is 18.4. The Morgan fingerprint density at radius 3 is 1.79 bits per heavy atom. The quantitative estimate of drug-likeness (QED) is 0.217. The molecule has 0 atom stereocenters. The molecule has 0 N–H and O–H groups in total. The van der Waals surface area contributed by atoms with Gasteiger partial charge >= 0.3 is 156 Å². The third-order valence-corrected chi connectivity index (χ3v) is 21.2. The van der Waals surface area contributed by atoms with Crippen molar-refractivity contribution in [2.45, 2.75) is 90.4 Å². The standard InChI is InChI=1S/C11H13.3C4H9.Sn/c1-10(2)8-9-11-6-4-3-5-7-11;3*1-3-4-2;/h3-8H,1,9H2,2H3;3*1,3-4H2,2H3;/b10-8-;;;;. The van der Waals surface area contributed by atoms with E-state index in [1.165, 1.54) is 48.5 Å². The molecule has 0 saturated heterocycles. The number of benzene rings is 1. The van der Waals surface area contributed by atoms with Gasteiger partial charge in [0.05, 0.1) is 0 Å². The van der Waals surface area contributed by atoms with E-state index in [2.05, 4.69) is 64.1 Å². The van der Waals surface area contributed by atoms with Crippen LogP contribution in [0, 0.1) is 0 Å². The minimum absolute atomic E-state index is 1.12. The third-order valence-electron chi connectivity index (χ3n) is 5.36. The SMILES string of the molecule is CCC[CH2][Sn]([CH2]CCC)([CH2]CCC)[CH2]/C(C)=C/Cc1ccccc1. The molecule has 0 aliphatic carbocycles. The number of hydrogen-bond acceptors (Lipinski definition) is 0. The van der Waals surface area contributed by atoms with Crippen LogP contribution in [0.5, 0.6) is 0 Å². The van der Waals surface area contributed by atoms with Gasteiger partial charge in [0.25, 0.3) is 0 Å². The van der Waals surface area contributed by atoms with Gasteiger partial charge in [-0.25, -0.2) is 0 Å². The van der Waals surface area contributed by atoms with Crippen LogP contribution < -0.4 is 0 Å². The van der Waals surface area contributed by atoms with Gasteiger partial charge in [-0.1, -0.05) is 0 Å². The minimum atomic E-state index is -1.99. The molecule has 1 rings (SSSR count). The van der Waals surface area contributed by atoms with Crippen LogP contribution in [-0.4, -0.2) is 18.4 Å². The molecule has 1 aromatic rings. The Bertz CT molecular complexity index is 425. The molecule has 0 heterocycles. The predicted molar refractivity (Wildman–Crippen MR) is 114 cm³/mol. The Morgan fingerprint density at radius 2 is 1.33 bits per heavy atom. The summed E-state index contributed by atoms with van der Waals surface area (Å²) in [7, 11) is 0. The van der Waals surface area contributed by atoms with Gasteiger partial charge in [0, 0.05) is 0 Å². The molecular formula is C23H40Sn. The number of rotatable bonds is 13. The first kappa shape index (κ1) is 21.8. The molecule has 0 fully saturated rings. The molecule has 0 aromatic heterocycles. The van der Waals surface area contributed by atoms with Crippen LogP contribution in [0.25, 0.3) is 0 Å². The number of hydrogen-bond donors (Lipinski definition) is 0. The van der Waals surface area contributed by atoms with Crippen molar-refractivity contribution >= 4 is 18.4 Å². The van der Waals surface area contributed by atoms with Crippen molar-refractivity contribution < 1.29 is 0 Å². The number of unbranched alkanes of at least 4 members (excludes halogenated alkanes) is 3. The summed E-state index contributed by atoms with van der Waals surface area (Å²) >= 11 is -1.99.